The van der Waals surface area contributed by atoms with Gasteiger partial charge in [0.2, 0.25) is 10.0 Å². The minimum Gasteiger partial charge on any atom is -0.330 e. The molecule has 1 aromatic carbocycles. The van der Waals surface area contributed by atoms with Gasteiger partial charge in [0.15, 0.2) is 0 Å². The molecule has 0 aromatic heterocycles. The van der Waals surface area contributed by atoms with E-state index in [-0.39, 0.29) is 0 Å². The molecule has 16 heavy (non-hydrogen) atoms. The second-order valence-corrected chi connectivity index (χ2v) is 5.37. The van der Waals surface area contributed by atoms with Crippen molar-refractivity contribution in [1.82, 2.24) is 4.90 Å². The van der Waals surface area contributed by atoms with Gasteiger partial charge in [-0.1, -0.05) is 18.2 Å². The first kappa shape index (κ1) is 12.5. The Balaban J connectivity index is 3.24. The van der Waals surface area contributed by atoms with Crippen LogP contribution in [0, 0.1) is 0 Å². The SMILES string of the molecule is CN(C)C(=O)N(c1ccccc1)S(C)(=O)=O. The number of anilines is 1. The van der Waals surface area contributed by atoms with Crippen LogP contribution in [0.25, 0.3) is 0 Å². The van der Waals surface area contributed by atoms with Crippen LogP contribution in [0.2, 0.25) is 0 Å². The number of nitrogens with zero attached hydrogens (tertiary/aromatic N) is 2. The summed E-state index contributed by atoms with van der Waals surface area (Å²) in [5, 5.41) is 0. The van der Waals surface area contributed by atoms with Gasteiger partial charge >= 0.3 is 6.03 Å². The van der Waals surface area contributed by atoms with E-state index in [1.165, 1.54) is 19.0 Å². The van der Waals surface area contributed by atoms with Crippen molar-refractivity contribution in [2.75, 3.05) is 24.7 Å². The second kappa shape index (κ2) is 4.52. The second-order valence-electron chi connectivity index (χ2n) is 3.54. The molecule has 5 nitrogen and oxygen atoms in total. The van der Waals surface area contributed by atoms with Gasteiger partial charge in [0.05, 0.1) is 11.9 Å². The van der Waals surface area contributed by atoms with Crippen molar-refractivity contribution in [2.45, 2.75) is 0 Å². The Bertz CT molecular complexity index is 468. The molecule has 2 amide bonds. The summed E-state index contributed by atoms with van der Waals surface area (Å²) >= 11 is 0. The molecule has 0 saturated carbocycles. The predicted molar refractivity (Wildman–Crippen MR) is 62.8 cm³/mol. The Hall–Kier alpha value is -1.56. The summed E-state index contributed by atoms with van der Waals surface area (Å²) in [6, 6.07) is 7.66. The van der Waals surface area contributed by atoms with E-state index in [0.717, 1.165) is 10.6 Å². The lowest BCUT2D eigenvalue weighted by Crippen LogP contribution is -2.42. The van der Waals surface area contributed by atoms with E-state index in [9.17, 15) is 13.2 Å². The number of para-hydroxylation sites is 1. The Morgan fingerprint density at radius 2 is 1.62 bits per heavy atom. The van der Waals surface area contributed by atoms with Crippen molar-refractivity contribution < 1.29 is 13.2 Å². The first-order chi connectivity index (χ1) is 7.34. The van der Waals surface area contributed by atoms with Crippen LogP contribution < -0.4 is 4.31 Å². The molecule has 88 valence electrons. The topological polar surface area (TPSA) is 57.7 Å². The third kappa shape index (κ3) is 2.73. The molecule has 0 aliphatic rings. The zero-order chi connectivity index (χ0) is 12.3. The zero-order valence-electron chi connectivity index (χ0n) is 9.41. The molecule has 0 fully saturated rings. The van der Waals surface area contributed by atoms with E-state index in [1.807, 2.05) is 0 Å². The van der Waals surface area contributed by atoms with Crippen LogP contribution >= 0.6 is 0 Å². The number of rotatable bonds is 2. The first-order valence-electron chi connectivity index (χ1n) is 4.60. The van der Waals surface area contributed by atoms with Gasteiger partial charge in [-0.25, -0.2) is 13.2 Å². The Morgan fingerprint density at radius 3 is 2.00 bits per heavy atom. The molecule has 6 heteroatoms. The van der Waals surface area contributed by atoms with E-state index in [1.54, 1.807) is 30.3 Å². The van der Waals surface area contributed by atoms with Gasteiger partial charge in [-0.3, -0.25) is 0 Å². The largest absolute Gasteiger partial charge is 0.337 e. The highest BCUT2D eigenvalue weighted by Crippen LogP contribution is 2.17. The van der Waals surface area contributed by atoms with Crippen LogP contribution in [-0.2, 0) is 10.0 Å². The monoisotopic (exact) mass is 242 g/mol. The van der Waals surface area contributed by atoms with E-state index < -0.39 is 16.1 Å². The standard InChI is InChI=1S/C10H14N2O3S/c1-11(2)10(13)12(16(3,14)15)9-7-5-4-6-8-9/h4-8H,1-3H3. The number of amides is 2. The highest BCUT2D eigenvalue weighted by Gasteiger charge is 2.26. The molecule has 1 rings (SSSR count). The maximum Gasteiger partial charge on any atom is 0.337 e. The van der Waals surface area contributed by atoms with Crippen LogP contribution in [0.15, 0.2) is 30.3 Å². The lowest BCUT2D eigenvalue weighted by atomic mass is 10.3. The van der Waals surface area contributed by atoms with Gasteiger partial charge in [-0.05, 0) is 12.1 Å². The molecule has 0 unspecified atom stereocenters. The molecule has 0 bridgehead atoms. The molecular formula is C10H14N2O3S. The number of carbonyl (C=O) groups is 1. The molecule has 0 aliphatic heterocycles. The predicted octanol–water partition coefficient (Wildman–Crippen LogP) is 1.13. The Labute approximate surface area is 95.3 Å². The third-order valence-electron chi connectivity index (χ3n) is 1.88. The van der Waals surface area contributed by atoms with Crippen molar-refractivity contribution in [3.05, 3.63) is 30.3 Å². The van der Waals surface area contributed by atoms with E-state index in [0.29, 0.717) is 5.69 Å². The fraction of sp³-hybridized carbons (Fsp3) is 0.300. The minimum absolute atomic E-state index is 0.337. The molecule has 0 aliphatic carbocycles. The molecule has 0 heterocycles. The maximum absolute atomic E-state index is 11.8. The molecule has 0 radical (unpaired) electrons. The van der Waals surface area contributed by atoms with Crippen LogP contribution in [-0.4, -0.2) is 39.7 Å². The highest BCUT2D eigenvalue weighted by molar-refractivity contribution is 7.92. The van der Waals surface area contributed by atoms with Gasteiger partial charge in [0.25, 0.3) is 0 Å². The summed E-state index contributed by atoms with van der Waals surface area (Å²) in [5.74, 6) is 0. The van der Waals surface area contributed by atoms with Crippen molar-refractivity contribution in [1.29, 1.82) is 0 Å². The van der Waals surface area contributed by atoms with E-state index >= 15 is 0 Å². The van der Waals surface area contributed by atoms with Crippen molar-refractivity contribution in [3.63, 3.8) is 0 Å². The lowest BCUT2D eigenvalue weighted by Gasteiger charge is -2.23. The third-order valence-corrected chi connectivity index (χ3v) is 2.91. The summed E-state index contributed by atoms with van der Waals surface area (Å²) in [5.41, 5.74) is 0.337. The van der Waals surface area contributed by atoms with E-state index in [4.69, 9.17) is 0 Å². The maximum atomic E-state index is 11.8. The average molecular weight is 242 g/mol. The van der Waals surface area contributed by atoms with E-state index in [2.05, 4.69) is 0 Å². The fourth-order valence-corrected chi connectivity index (χ4v) is 2.14. The van der Waals surface area contributed by atoms with Crippen molar-refractivity contribution >= 4 is 21.7 Å². The molecule has 0 saturated heterocycles. The smallest absolute Gasteiger partial charge is 0.330 e. The van der Waals surface area contributed by atoms with Gasteiger partial charge < -0.3 is 4.90 Å². The zero-order valence-corrected chi connectivity index (χ0v) is 10.2. The number of urea groups is 1. The molecular weight excluding hydrogens is 228 g/mol. The molecule has 1 aromatic rings. The summed E-state index contributed by atoms with van der Waals surface area (Å²) in [7, 11) is -0.613. The first-order valence-corrected chi connectivity index (χ1v) is 6.45. The highest BCUT2D eigenvalue weighted by atomic mass is 32.2. The minimum atomic E-state index is -3.62. The van der Waals surface area contributed by atoms with Gasteiger partial charge in [0.1, 0.15) is 0 Å². The van der Waals surface area contributed by atoms with Crippen LogP contribution in [0.5, 0.6) is 0 Å². The molecule has 0 atom stereocenters. The Kier molecular flexibility index (Phi) is 3.54. The summed E-state index contributed by atoms with van der Waals surface area (Å²) in [6.45, 7) is 0. The normalized spacial score (nSPS) is 10.9. The van der Waals surface area contributed by atoms with Crippen molar-refractivity contribution in [2.24, 2.45) is 0 Å². The van der Waals surface area contributed by atoms with Gasteiger partial charge in [0, 0.05) is 14.1 Å². The number of sulfonamides is 1. The van der Waals surface area contributed by atoms with Crippen molar-refractivity contribution in [3.8, 4) is 0 Å². The Morgan fingerprint density at radius 1 is 1.12 bits per heavy atom. The van der Waals surface area contributed by atoms with Gasteiger partial charge in [-0.2, -0.15) is 4.31 Å². The number of benzene rings is 1. The fourth-order valence-electron chi connectivity index (χ4n) is 1.19. The molecule has 0 spiro atoms. The molecule has 0 N–H and O–H groups in total. The lowest BCUT2D eigenvalue weighted by molar-refractivity contribution is 0.227. The average Bonchev–Trinajstić information content (AvgIpc) is 2.17. The van der Waals surface area contributed by atoms with Crippen LogP contribution in [0.3, 0.4) is 0 Å². The summed E-state index contributed by atoms with van der Waals surface area (Å²) < 4.78 is 23.9. The number of carbonyl (C=O) groups excluding carboxylic acids is 1. The van der Waals surface area contributed by atoms with Crippen LogP contribution in [0.1, 0.15) is 0 Å². The van der Waals surface area contributed by atoms with Crippen LogP contribution in [0.4, 0.5) is 10.5 Å². The quantitative estimate of drug-likeness (QED) is 0.781. The summed E-state index contributed by atoms with van der Waals surface area (Å²) in [4.78, 5) is 13.0. The number of hydrogen-bond donors (Lipinski definition) is 0. The summed E-state index contributed by atoms with van der Waals surface area (Å²) in [6.07, 6.45) is 1.00. The van der Waals surface area contributed by atoms with Gasteiger partial charge in [-0.15, -0.1) is 0 Å². The number of hydrogen-bond acceptors (Lipinski definition) is 3.